The number of alkyl halides is 2. The standard InChI is InChI=1S/C16H20F2N6/c1-9-11(14-21-15(12(17)18)24(2)23-14)7-10-3-4-16(5-6-19-8-16)22-13(10)20-9/h7,12,19H,3-6,8H2,1-2H3,(H,20,22). The van der Waals surface area contributed by atoms with Crippen LogP contribution in [-0.4, -0.2) is 38.4 Å². The number of nitrogens with zero attached hydrogens (tertiary/aromatic N) is 4. The second-order valence-electron chi connectivity index (χ2n) is 6.68. The Labute approximate surface area is 138 Å². The van der Waals surface area contributed by atoms with Crippen LogP contribution >= 0.6 is 0 Å². The summed E-state index contributed by atoms with van der Waals surface area (Å²) in [4.78, 5) is 8.67. The average molecular weight is 334 g/mol. The van der Waals surface area contributed by atoms with E-state index < -0.39 is 6.43 Å². The summed E-state index contributed by atoms with van der Waals surface area (Å²) < 4.78 is 27.0. The fourth-order valence-electron chi connectivity index (χ4n) is 3.62. The summed E-state index contributed by atoms with van der Waals surface area (Å²) >= 11 is 0. The van der Waals surface area contributed by atoms with Crippen molar-refractivity contribution in [2.75, 3.05) is 18.4 Å². The fraction of sp³-hybridized carbons (Fsp3) is 0.562. The lowest BCUT2D eigenvalue weighted by atomic mass is 9.86. The molecule has 8 heteroatoms. The van der Waals surface area contributed by atoms with Gasteiger partial charge in [0.2, 0.25) is 0 Å². The van der Waals surface area contributed by atoms with E-state index in [0.717, 1.165) is 59.7 Å². The van der Waals surface area contributed by atoms with Crippen molar-refractivity contribution in [3.8, 4) is 11.4 Å². The monoisotopic (exact) mass is 334 g/mol. The molecule has 6 nitrogen and oxygen atoms in total. The molecule has 2 aliphatic rings. The van der Waals surface area contributed by atoms with E-state index >= 15 is 0 Å². The van der Waals surface area contributed by atoms with E-state index in [1.807, 2.05) is 13.0 Å². The first-order chi connectivity index (χ1) is 11.5. The zero-order chi connectivity index (χ0) is 16.9. The Morgan fingerprint density at radius 2 is 2.12 bits per heavy atom. The number of anilines is 1. The van der Waals surface area contributed by atoms with Gasteiger partial charge in [-0.2, -0.15) is 5.10 Å². The van der Waals surface area contributed by atoms with Gasteiger partial charge in [-0.3, -0.25) is 0 Å². The third kappa shape index (κ3) is 2.45. The van der Waals surface area contributed by atoms with Crippen LogP contribution in [0.5, 0.6) is 0 Å². The first-order valence-corrected chi connectivity index (χ1v) is 8.16. The maximum Gasteiger partial charge on any atom is 0.297 e. The van der Waals surface area contributed by atoms with Gasteiger partial charge in [0, 0.05) is 19.2 Å². The molecule has 0 bridgehead atoms. The predicted octanol–water partition coefficient (Wildman–Crippen LogP) is 2.21. The Bertz CT molecular complexity index is 779. The number of hydrogen-bond acceptors (Lipinski definition) is 5. The largest absolute Gasteiger partial charge is 0.363 e. The molecule has 1 fully saturated rings. The Morgan fingerprint density at radius 1 is 1.29 bits per heavy atom. The Balaban J connectivity index is 1.71. The molecule has 128 valence electrons. The second kappa shape index (κ2) is 5.47. The van der Waals surface area contributed by atoms with Crippen molar-refractivity contribution in [1.82, 2.24) is 25.1 Å². The number of halogens is 2. The summed E-state index contributed by atoms with van der Waals surface area (Å²) in [5.74, 6) is 0.885. The number of fused-ring (bicyclic) bond motifs is 1. The highest BCUT2D eigenvalue weighted by molar-refractivity contribution is 5.64. The Kier molecular flexibility index (Phi) is 3.52. The van der Waals surface area contributed by atoms with Gasteiger partial charge in [0.15, 0.2) is 11.6 Å². The summed E-state index contributed by atoms with van der Waals surface area (Å²) in [5, 5.41) is 11.1. The highest BCUT2D eigenvalue weighted by atomic mass is 19.3. The van der Waals surface area contributed by atoms with Crippen molar-refractivity contribution < 1.29 is 8.78 Å². The van der Waals surface area contributed by atoms with E-state index in [4.69, 9.17) is 0 Å². The van der Waals surface area contributed by atoms with Gasteiger partial charge in [-0.05, 0) is 44.4 Å². The molecule has 4 rings (SSSR count). The molecule has 1 atom stereocenters. The molecule has 2 aromatic rings. The third-order valence-corrected chi connectivity index (χ3v) is 5.03. The van der Waals surface area contributed by atoms with Crippen molar-refractivity contribution in [3.63, 3.8) is 0 Å². The summed E-state index contributed by atoms with van der Waals surface area (Å²) in [7, 11) is 1.48. The van der Waals surface area contributed by atoms with Gasteiger partial charge >= 0.3 is 0 Å². The molecular weight excluding hydrogens is 314 g/mol. The van der Waals surface area contributed by atoms with E-state index in [9.17, 15) is 8.78 Å². The smallest absolute Gasteiger partial charge is 0.297 e. The predicted molar refractivity (Wildman–Crippen MR) is 86.1 cm³/mol. The SMILES string of the molecule is Cc1nc2c(cc1-c1nc(C(F)F)n(C)n1)CCC1(CCNC1)N2. The van der Waals surface area contributed by atoms with E-state index in [1.165, 1.54) is 7.05 Å². The zero-order valence-electron chi connectivity index (χ0n) is 13.7. The van der Waals surface area contributed by atoms with Gasteiger partial charge in [-0.15, -0.1) is 0 Å². The molecule has 1 saturated heterocycles. The number of rotatable bonds is 2. The average Bonchev–Trinajstić information content (AvgIpc) is 3.14. The van der Waals surface area contributed by atoms with Crippen LogP contribution in [0.15, 0.2) is 6.07 Å². The number of aromatic nitrogens is 4. The molecule has 0 radical (unpaired) electrons. The Morgan fingerprint density at radius 3 is 2.79 bits per heavy atom. The van der Waals surface area contributed by atoms with Crippen LogP contribution in [0.1, 0.15) is 36.3 Å². The molecule has 4 heterocycles. The molecule has 2 aromatic heterocycles. The highest BCUT2D eigenvalue weighted by Gasteiger charge is 2.37. The van der Waals surface area contributed by atoms with Crippen molar-refractivity contribution in [3.05, 3.63) is 23.1 Å². The molecule has 0 amide bonds. The van der Waals surface area contributed by atoms with Gasteiger partial charge < -0.3 is 10.6 Å². The quantitative estimate of drug-likeness (QED) is 0.881. The van der Waals surface area contributed by atoms with Gasteiger partial charge in [-0.1, -0.05) is 0 Å². The molecule has 1 unspecified atom stereocenters. The summed E-state index contributed by atoms with van der Waals surface area (Å²) in [6, 6.07) is 1.99. The normalized spacial score (nSPS) is 22.9. The van der Waals surface area contributed by atoms with Crippen molar-refractivity contribution in [1.29, 1.82) is 0 Å². The Hall–Kier alpha value is -2.09. The third-order valence-electron chi connectivity index (χ3n) is 5.03. The van der Waals surface area contributed by atoms with Gasteiger partial charge in [0.05, 0.1) is 11.2 Å². The van der Waals surface area contributed by atoms with Crippen LogP contribution in [0.3, 0.4) is 0 Å². The second-order valence-corrected chi connectivity index (χ2v) is 6.68. The minimum atomic E-state index is -2.64. The molecule has 0 aliphatic carbocycles. The summed E-state index contributed by atoms with van der Waals surface area (Å²) in [5.41, 5.74) is 2.66. The van der Waals surface area contributed by atoms with E-state index in [1.54, 1.807) is 0 Å². The number of pyridine rings is 1. The van der Waals surface area contributed by atoms with Crippen LogP contribution < -0.4 is 10.6 Å². The first kappa shape index (κ1) is 15.4. The highest BCUT2D eigenvalue weighted by Crippen LogP contribution is 2.36. The van der Waals surface area contributed by atoms with Crippen LogP contribution in [-0.2, 0) is 13.5 Å². The lowest BCUT2D eigenvalue weighted by molar-refractivity contribution is 0.135. The topological polar surface area (TPSA) is 67.7 Å². The maximum absolute atomic E-state index is 12.9. The minimum Gasteiger partial charge on any atom is -0.363 e. The van der Waals surface area contributed by atoms with Crippen LogP contribution in [0.25, 0.3) is 11.4 Å². The van der Waals surface area contributed by atoms with Gasteiger partial charge in [-0.25, -0.2) is 23.4 Å². The number of aryl methyl sites for hydroxylation is 3. The fourth-order valence-corrected chi connectivity index (χ4v) is 3.62. The van der Waals surface area contributed by atoms with Crippen LogP contribution in [0, 0.1) is 6.92 Å². The molecular formula is C16H20F2N6. The van der Waals surface area contributed by atoms with E-state index in [2.05, 4.69) is 25.7 Å². The van der Waals surface area contributed by atoms with Crippen molar-refractivity contribution >= 4 is 5.82 Å². The summed E-state index contributed by atoms with van der Waals surface area (Å²) in [6.45, 7) is 3.84. The van der Waals surface area contributed by atoms with Crippen molar-refractivity contribution in [2.24, 2.45) is 7.05 Å². The molecule has 2 aliphatic heterocycles. The van der Waals surface area contributed by atoms with E-state index in [-0.39, 0.29) is 11.4 Å². The van der Waals surface area contributed by atoms with Crippen LogP contribution in [0.2, 0.25) is 0 Å². The lowest BCUT2D eigenvalue weighted by Gasteiger charge is -2.35. The summed E-state index contributed by atoms with van der Waals surface area (Å²) in [6.07, 6.45) is 0.404. The van der Waals surface area contributed by atoms with Crippen LogP contribution in [0.4, 0.5) is 14.6 Å². The van der Waals surface area contributed by atoms with Gasteiger partial charge in [0.25, 0.3) is 6.43 Å². The molecule has 24 heavy (non-hydrogen) atoms. The van der Waals surface area contributed by atoms with Crippen molar-refractivity contribution in [2.45, 2.75) is 38.2 Å². The zero-order valence-corrected chi connectivity index (χ0v) is 13.7. The minimum absolute atomic E-state index is 0.0973. The molecule has 2 N–H and O–H groups in total. The van der Waals surface area contributed by atoms with E-state index in [0.29, 0.717) is 5.82 Å². The first-order valence-electron chi connectivity index (χ1n) is 8.16. The maximum atomic E-state index is 12.9. The molecule has 0 saturated carbocycles. The number of nitrogens with one attached hydrogen (secondary N) is 2. The lowest BCUT2D eigenvalue weighted by Crippen LogP contribution is -2.44. The molecule has 0 aromatic carbocycles. The van der Waals surface area contributed by atoms with Gasteiger partial charge in [0.1, 0.15) is 5.82 Å². The number of hydrogen-bond donors (Lipinski definition) is 2. The molecule has 1 spiro atoms.